The summed E-state index contributed by atoms with van der Waals surface area (Å²) < 4.78 is 5.60. The molecule has 2 saturated heterocycles. The van der Waals surface area contributed by atoms with Crippen molar-refractivity contribution >= 4 is 62.8 Å². The van der Waals surface area contributed by atoms with E-state index in [1.807, 2.05) is 6.08 Å². The Kier molecular flexibility index (Phi) is 5.18. The monoisotopic (exact) mass is 570 g/mol. The van der Waals surface area contributed by atoms with Gasteiger partial charge in [0.2, 0.25) is 11.8 Å². The van der Waals surface area contributed by atoms with Gasteiger partial charge in [0, 0.05) is 20.0 Å². The second-order valence-corrected chi connectivity index (χ2v) is 11.4. The van der Waals surface area contributed by atoms with Crippen LogP contribution in [0, 0.1) is 17.8 Å². The number of rotatable bonds is 2. The molecule has 6 atom stereocenters. The van der Waals surface area contributed by atoms with Gasteiger partial charge in [0.1, 0.15) is 0 Å². The number of nitrogens with zero attached hydrogens (tertiary/aromatic N) is 2. The smallest absolute Gasteiger partial charge is 0.253 e. The van der Waals surface area contributed by atoms with Gasteiger partial charge in [-0.1, -0.05) is 11.6 Å². The highest BCUT2D eigenvalue weighted by Crippen LogP contribution is 2.65. The van der Waals surface area contributed by atoms with E-state index in [4.69, 9.17) is 27.9 Å². The number of alkyl halides is 2. The molecule has 2 aliphatic carbocycles. The summed E-state index contributed by atoms with van der Waals surface area (Å²) in [5.41, 5.74) is 1.16. The average Bonchev–Trinajstić information content (AvgIpc) is 3.10. The van der Waals surface area contributed by atoms with Crippen LogP contribution >= 0.6 is 39.1 Å². The van der Waals surface area contributed by atoms with Crippen LogP contribution in [0.3, 0.4) is 0 Å². The molecule has 0 spiro atoms. The van der Waals surface area contributed by atoms with E-state index >= 15 is 0 Å². The molecule has 2 aliphatic heterocycles. The molecule has 0 radical (unpaired) electrons. The molecule has 34 heavy (non-hydrogen) atoms. The van der Waals surface area contributed by atoms with Crippen LogP contribution < -0.4 is 4.74 Å². The van der Waals surface area contributed by atoms with Gasteiger partial charge in [0.25, 0.3) is 11.8 Å². The Labute approximate surface area is 213 Å². The molecule has 4 amide bonds. The third-order valence-corrected chi connectivity index (χ3v) is 9.86. The maximum absolute atomic E-state index is 13.5. The first-order valence-electron chi connectivity index (χ1n) is 10.7. The molecule has 0 unspecified atom stereocenters. The van der Waals surface area contributed by atoms with E-state index in [2.05, 4.69) is 15.9 Å². The van der Waals surface area contributed by atoms with Gasteiger partial charge in [0.15, 0.2) is 21.2 Å². The van der Waals surface area contributed by atoms with Crippen LogP contribution in [0.1, 0.15) is 24.3 Å². The van der Waals surface area contributed by atoms with Crippen molar-refractivity contribution in [1.82, 2.24) is 9.80 Å². The molecule has 1 aromatic rings. The molecular weight excluding hydrogens is 551 g/mol. The second-order valence-electron chi connectivity index (χ2n) is 9.29. The Hall–Kier alpha value is -2.10. The Bertz CT molecular complexity index is 1220. The SMILES string of the molecule is COc1cc([C@H]2C3=CC[C@@H]4C(=O)N(C)C(=O)[C@@H]4[C@@H]3C[C@@]3(Cl)C(=O)N(C)C(=O)[C@@]23Cl)cc(Br)c1O. The number of phenols is 1. The third kappa shape index (κ3) is 2.66. The third-order valence-electron chi connectivity index (χ3n) is 7.84. The van der Waals surface area contributed by atoms with Crippen molar-refractivity contribution in [3.63, 3.8) is 0 Å². The highest BCUT2D eigenvalue weighted by Gasteiger charge is 2.75. The van der Waals surface area contributed by atoms with Gasteiger partial charge in [-0.3, -0.25) is 29.0 Å². The number of carbonyl (C=O) groups is 4. The molecule has 11 heteroatoms. The van der Waals surface area contributed by atoms with Gasteiger partial charge in [-0.15, -0.1) is 23.2 Å². The lowest BCUT2D eigenvalue weighted by molar-refractivity contribution is -0.140. The second kappa shape index (κ2) is 7.45. The standard InChI is InChI=1S/C23H21BrCl2N2O6/c1-27-18(30)11-5-4-10-12(15(11)19(27)31)8-22(25)20(32)28(2)21(33)23(22,26)16(10)9-6-13(24)17(29)14(7-9)34-3/h4,6-7,11-12,15-16,29H,5,8H2,1-3H3/t11-,12+,15-,16-,22+,23-/m0/s1. The van der Waals surface area contributed by atoms with Crippen molar-refractivity contribution in [2.45, 2.75) is 28.5 Å². The number of hydrogen-bond acceptors (Lipinski definition) is 6. The first-order chi connectivity index (χ1) is 15.9. The summed E-state index contributed by atoms with van der Waals surface area (Å²) >= 11 is 17.4. The summed E-state index contributed by atoms with van der Waals surface area (Å²) in [6.45, 7) is 0. The molecule has 8 nitrogen and oxygen atoms in total. The van der Waals surface area contributed by atoms with Crippen LogP contribution in [0.5, 0.6) is 11.5 Å². The molecule has 4 aliphatic rings. The van der Waals surface area contributed by atoms with Crippen molar-refractivity contribution in [2.24, 2.45) is 17.8 Å². The molecule has 180 valence electrons. The number of carbonyl (C=O) groups excluding carboxylic acids is 4. The fourth-order valence-electron chi connectivity index (χ4n) is 6.19. The lowest BCUT2D eigenvalue weighted by atomic mass is 9.56. The molecule has 2 heterocycles. The predicted octanol–water partition coefficient (Wildman–Crippen LogP) is 2.78. The first-order valence-corrected chi connectivity index (χ1v) is 12.2. The van der Waals surface area contributed by atoms with Gasteiger partial charge in [-0.2, -0.15) is 0 Å². The summed E-state index contributed by atoms with van der Waals surface area (Å²) in [7, 11) is 4.17. The van der Waals surface area contributed by atoms with Gasteiger partial charge < -0.3 is 9.84 Å². The average molecular weight is 572 g/mol. The highest BCUT2D eigenvalue weighted by molar-refractivity contribution is 9.10. The molecule has 1 N–H and O–H groups in total. The number of allylic oxidation sites excluding steroid dienone is 2. The van der Waals surface area contributed by atoms with Crippen molar-refractivity contribution in [1.29, 1.82) is 0 Å². The van der Waals surface area contributed by atoms with Crippen LogP contribution in [0.15, 0.2) is 28.3 Å². The maximum Gasteiger partial charge on any atom is 0.253 e. The summed E-state index contributed by atoms with van der Waals surface area (Å²) in [6.07, 6.45) is 2.10. The number of phenolic OH excluding ortho intramolecular Hbond substituents is 1. The van der Waals surface area contributed by atoms with Crippen LogP contribution in [0.4, 0.5) is 0 Å². The number of amides is 4. The fourth-order valence-corrected chi connectivity index (χ4v) is 7.67. The number of aromatic hydroxyl groups is 1. The predicted molar refractivity (Wildman–Crippen MR) is 126 cm³/mol. The fraction of sp³-hybridized carbons (Fsp3) is 0.478. The number of imide groups is 2. The summed E-state index contributed by atoms with van der Waals surface area (Å²) in [5.74, 6) is -4.63. The Morgan fingerprint density at radius 2 is 1.74 bits per heavy atom. The Morgan fingerprint density at radius 1 is 1.06 bits per heavy atom. The molecule has 5 rings (SSSR count). The summed E-state index contributed by atoms with van der Waals surface area (Å²) in [5, 5.41) is 10.3. The summed E-state index contributed by atoms with van der Waals surface area (Å²) in [6, 6.07) is 3.15. The first kappa shape index (κ1) is 23.6. The maximum atomic E-state index is 13.5. The zero-order chi connectivity index (χ0) is 24.9. The minimum absolute atomic E-state index is 0.0558. The van der Waals surface area contributed by atoms with E-state index in [-0.39, 0.29) is 29.7 Å². The lowest BCUT2D eigenvalue weighted by Crippen LogP contribution is -2.60. The van der Waals surface area contributed by atoms with Crippen LogP contribution in [0.25, 0.3) is 0 Å². The van der Waals surface area contributed by atoms with Crippen molar-refractivity contribution in [3.8, 4) is 11.5 Å². The topological polar surface area (TPSA) is 104 Å². The van der Waals surface area contributed by atoms with E-state index in [0.29, 0.717) is 22.0 Å². The Morgan fingerprint density at radius 3 is 2.38 bits per heavy atom. The van der Waals surface area contributed by atoms with Crippen molar-refractivity contribution in [2.75, 3.05) is 21.2 Å². The molecule has 0 aromatic heterocycles. The number of ether oxygens (including phenoxy) is 1. The van der Waals surface area contributed by atoms with Crippen LogP contribution in [-0.4, -0.2) is 69.5 Å². The molecule has 0 bridgehead atoms. The van der Waals surface area contributed by atoms with E-state index in [1.54, 1.807) is 12.1 Å². The van der Waals surface area contributed by atoms with E-state index < -0.39 is 45.2 Å². The van der Waals surface area contributed by atoms with Gasteiger partial charge in [-0.25, -0.2) is 0 Å². The van der Waals surface area contributed by atoms with Crippen LogP contribution in [0.2, 0.25) is 0 Å². The minimum Gasteiger partial charge on any atom is -0.503 e. The zero-order valence-corrected chi connectivity index (χ0v) is 21.6. The molecule has 1 saturated carbocycles. The summed E-state index contributed by atoms with van der Waals surface area (Å²) in [4.78, 5) is 51.0. The number of methoxy groups -OCH3 is 1. The van der Waals surface area contributed by atoms with Crippen molar-refractivity contribution in [3.05, 3.63) is 33.8 Å². The Balaban J connectivity index is 1.78. The number of fused-ring (bicyclic) bond motifs is 4. The van der Waals surface area contributed by atoms with Gasteiger partial charge in [0.05, 0.1) is 23.4 Å². The molecule has 3 fully saturated rings. The molecule has 1 aromatic carbocycles. The minimum atomic E-state index is -1.88. The number of halogens is 3. The number of likely N-dealkylation sites (tertiary alicyclic amines) is 2. The largest absolute Gasteiger partial charge is 0.503 e. The zero-order valence-electron chi connectivity index (χ0n) is 18.5. The number of hydrogen-bond donors (Lipinski definition) is 1. The van der Waals surface area contributed by atoms with Crippen molar-refractivity contribution < 1.29 is 29.0 Å². The normalized spacial score (nSPS) is 36.9. The van der Waals surface area contributed by atoms with E-state index in [0.717, 1.165) is 9.80 Å². The van der Waals surface area contributed by atoms with E-state index in [1.165, 1.54) is 21.2 Å². The van der Waals surface area contributed by atoms with Gasteiger partial charge in [-0.05, 0) is 52.4 Å². The molecular formula is C23H21BrCl2N2O6. The highest BCUT2D eigenvalue weighted by atomic mass is 79.9. The van der Waals surface area contributed by atoms with Crippen LogP contribution in [-0.2, 0) is 19.2 Å². The quantitative estimate of drug-likeness (QED) is 0.332. The van der Waals surface area contributed by atoms with Gasteiger partial charge >= 0.3 is 0 Å². The van der Waals surface area contributed by atoms with E-state index in [9.17, 15) is 24.3 Å². The lowest BCUT2D eigenvalue weighted by Gasteiger charge is -2.50. The number of benzene rings is 1.